The second-order valence-electron chi connectivity index (χ2n) is 5.35. The van der Waals surface area contributed by atoms with Crippen LogP contribution in [0.3, 0.4) is 0 Å². The van der Waals surface area contributed by atoms with Crippen molar-refractivity contribution >= 4 is 20.0 Å². The Morgan fingerprint density at radius 1 is 0.382 bits per heavy atom. The molecule has 0 saturated carbocycles. The zero-order valence-electron chi connectivity index (χ0n) is 14.7. The molecule has 0 atom stereocenters. The SMILES string of the molecule is O=S(=O)([N]S(=O)(=O)C(F)(F)C(F)(F)C(F)(F)C(F)(F)F)C(F)(F)C(F)(F)C(F)(F)C(F)(F)F.[Li+]. The molecule has 0 heterocycles. The minimum atomic E-state index is -8.81. The first-order valence-corrected chi connectivity index (χ1v) is 9.22. The van der Waals surface area contributed by atoms with Crippen LogP contribution in [-0.4, -0.2) is 63.4 Å². The first-order chi connectivity index (χ1) is 13.7. The molecule has 0 bridgehead atoms. The smallest absolute Gasteiger partial charge is 0.203 e. The van der Waals surface area contributed by atoms with E-state index in [2.05, 4.69) is 0 Å². The largest absolute Gasteiger partial charge is 1.00 e. The monoisotopic (exact) mass is 587 g/mol. The van der Waals surface area contributed by atoms with E-state index >= 15 is 0 Å². The molecule has 0 aliphatic rings. The van der Waals surface area contributed by atoms with Gasteiger partial charge in [0.2, 0.25) is 0 Å². The van der Waals surface area contributed by atoms with Crippen LogP contribution in [0.2, 0.25) is 0 Å². The Morgan fingerprint density at radius 3 is 0.706 bits per heavy atom. The van der Waals surface area contributed by atoms with Crippen molar-refractivity contribution in [3.63, 3.8) is 0 Å². The second-order valence-corrected chi connectivity index (χ2v) is 8.87. The summed E-state index contributed by atoms with van der Waals surface area (Å²) in [7, 11) is -17.6. The molecule has 0 spiro atoms. The normalized spacial score (nSPS) is 16.3. The summed E-state index contributed by atoms with van der Waals surface area (Å²) in [6, 6.07) is 0. The fourth-order valence-corrected chi connectivity index (χ4v) is 3.95. The van der Waals surface area contributed by atoms with E-state index in [1.807, 2.05) is 0 Å². The molecule has 199 valence electrons. The average molecular weight is 587 g/mol. The van der Waals surface area contributed by atoms with Gasteiger partial charge < -0.3 is 0 Å². The van der Waals surface area contributed by atoms with Crippen molar-refractivity contribution < 1.29 is 115 Å². The molecule has 0 amide bonds. The number of alkyl halides is 18. The van der Waals surface area contributed by atoms with Gasteiger partial charge in [0.05, 0.1) is 0 Å². The van der Waals surface area contributed by atoms with Gasteiger partial charge in [0.25, 0.3) is 0 Å². The van der Waals surface area contributed by atoms with Gasteiger partial charge in [0.1, 0.15) is 0 Å². The summed E-state index contributed by atoms with van der Waals surface area (Å²) in [5.74, 6) is -33.0. The van der Waals surface area contributed by atoms with Crippen molar-refractivity contribution in [2.24, 2.45) is 0 Å². The third-order valence-corrected chi connectivity index (χ3v) is 6.45. The van der Waals surface area contributed by atoms with Crippen LogP contribution in [-0.2, 0) is 20.0 Å². The first kappa shape index (κ1) is 35.4. The molecule has 26 heteroatoms. The fraction of sp³-hybridized carbons (Fsp3) is 1.00. The molecule has 5 nitrogen and oxygen atoms in total. The predicted molar refractivity (Wildman–Crippen MR) is 61.8 cm³/mol. The van der Waals surface area contributed by atoms with E-state index in [9.17, 15) is 95.9 Å². The summed E-state index contributed by atoms with van der Waals surface area (Å²) < 4.78 is 269. The minimum Gasteiger partial charge on any atom is -0.203 e. The summed E-state index contributed by atoms with van der Waals surface area (Å²) in [5, 5.41) is -16.4. The molecule has 0 rings (SSSR count). The maximum absolute atomic E-state index is 13.2. The Labute approximate surface area is 186 Å². The zero-order valence-corrected chi connectivity index (χ0v) is 16.3. The number of hydrogen-bond donors (Lipinski definition) is 0. The second kappa shape index (κ2) is 8.65. The van der Waals surface area contributed by atoms with Gasteiger partial charge in [-0.3, -0.25) is 0 Å². The quantitative estimate of drug-likeness (QED) is 0.315. The predicted octanol–water partition coefficient (Wildman–Crippen LogP) is 1.11. The van der Waals surface area contributed by atoms with E-state index in [0.29, 0.717) is 0 Å². The molecule has 0 aliphatic carbocycles. The Bertz CT molecular complexity index is 887. The van der Waals surface area contributed by atoms with Crippen LogP contribution in [0.4, 0.5) is 79.0 Å². The molecule has 0 N–H and O–H groups in total. The number of rotatable bonds is 8. The van der Waals surface area contributed by atoms with Gasteiger partial charge >= 0.3 is 85.5 Å². The molecular weight excluding hydrogens is 587 g/mol. The Hall–Kier alpha value is -0.803. The molecule has 0 aliphatic heterocycles. The van der Waals surface area contributed by atoms with E-state index < -0.39 is 66.6 Å². The summed E-state index contributed by atoms with van der Waals surface area (Å²) in [5.41, 5.74) is 0. The zero-order chi connectivity index (χ0) is 27.7. The summed E-state index contributed by atoms with van der Waals surface area (Å²) >= 11 is 0. The maximum atomic E-state index is 13.2. The van der Waals surface area contributed by atoms with E-state index in [1.165, 1.54) is 0 Å². The van der Waals surface area contributed by atoms with Gasteiger partial charge in [-0.2, -0.15) is 79.0 Å². The molecule has 0 aromatic heterocycles. The van der Waals surface area contributed by atoms with Crippen LogP contribution in [0.5, 0.6) is 0 Å². The minimum absolute atomic E-state index is 0. The molecular formula is C8F18LiNO4S2+. The third kappa shape index (κ3) is 4.77. The van der Waals surface area contributed by atoms with Crippen LogP contribution in [0.25, 0.3) is 0 Å². The first-order valence-electron chi connectivity index (χ1n) is 6.34. The Balaban J connectivity index is 0. The van der Waals surface area contributed by atoms with E-state index in [0.717, 1.165) is 0 Å². The average Bonchev–Trinajstić information content (AvgIpc) is 2.50. The van der Waals surface area contributed by atoms with Crippen molar-refractivity contribution in [3.05, 3.63) is 0 Å². The van der Waals surface area contributed by atoms with Crippen LogP contribution < -0.4 is 23.0 Å². The third-order valence-electron chi connectivity index (χ3n) is 3.08. The number of sulfonamides is 2. The van der Waals surface area contributed by atoms with E-state index in [-0.39, 0.29) is 23.0 Å². The van der Waals surface area contributed by atoms with E-state index in [4.69, 9.17) is 0 Å². The van der Waals surface area contributed by atoms with Crippen molar-refractivity contribution in [3.8, 4) is 0 Å². The standard InChI is InChI=1S/C8F18NO4S2.Li/c9-1(10,5(17,18)19)3(13,14)7(23,24)32(28,29)27-33(30,31)8(25,26)4(15,16)2(11,12)6(20,21)22;/q;+1. The number of nitrogens with zero attached hydrogens (tertiary/aromatic N) is 1. The van der Waals surface area contributed by atoms with Gasteiger partial charge in [0, 0.05) is 4.13 Å². The van der Waals surface area contributed by atoms with Gasteiger partial charge in [0.15, 0.2) is 0 Å². The molecule has 0 unspecified atom stereocenters. The van der Waals surface area contributed by atoms with Crippen LogP contribution in [0, 0.1) is 0 Å². The molecule has 1 radical (unpaired) electrons. The Kier molecular flexibility index (Phi) is 8.99. The van der Waals surface area contributed by atoms with Crippen molar-refractivity contribution in [1.82, 2.24) is 4.13 Å². The summed E-state index contributed by atoms with van der Waals surface area (Å²) in [4.78, 5) is 0. The fourth-order valence-electron chi connectivity index (χ4n) is 1.27. The summed E-state index contributed by atoms with van der Waals surface area (Å²) in [6.45, 7) is 0. The molecule has 0 aromatic carbocycles. The van der Waals surface area contributed by atoms with Crippen molar-refractivity contribution in [1.29, 1.82) is 0 Å². The van der Waals surface area contributed by atoms with Crippen molar-refractivity contribution in [2.75, 3.05) is 0 Å². The molecule has 0 saturated heterocycles. The van der Waals surface area contributed by atoms with Gasteiger partial charge in [-0.1, -0.05) is 0 Å². The van der Waals surface area contributed by atoms with Crippen LogP contribution in [0.1, 0.15) is 0 Å². The number of hydrogen-bond acceptors (Lipinski definition) is 4. The molecule has 34 heavy (non-hydrogen) atoms. The van der Waals surface area contributed by atoms with E-state index in [1.54, 1.807) is 0 Å². The van der Waals surface area contributed by atoms with Crippen LogP contribution >= 0.6 is 0 Å². The van der Waals surface area contributed by atoms with Gasteiger partial charge in [-0.15, -0.1) is 0 Å². The maximum Gasteiger partial charge on any atom is 1.00 e. The van der Waals surface area contributed by atoms with Gasteiger partial charge in [-0.25, -0.2) is 16.8 Å². The Morgan fingerprint density at radius 2 is 0.559 bits per heavy atom. The van der Waals surface area contributed by atoms with Crippen molar-refractivity contribution in [2.45, 2.75) is 46.6 Å². The number of halogens is 18. The molecule has 0 aromatic rings. The van der Waals surface area contributed by atoms with Crippen LogP contribution in [0.15, 0.2) is 0 Å². The van der Waals surface area contributed by atoms with Gasteiger partial charge in [-0.05, 0) is 0 Å². The molecule has 0 fully saturated rings. The summed E-state index contributed by atoms with van der Waals surface area (Å²) in [6.07, 6.45) is -15.6. The topological polar surface area (TPSA) is 82.4 Å².